The van der Waals surface area contributed by atoms with Crippen LogP contribution in [-0.4, -0.2) is 22.9 Å². The zero-order valence-corrected chi connectivity index (χ0v) is 8.65. The van der Waals surface area contributed by atoms with E-state index in [1.54, 1.807) is 4.68 Å². The molecule has 1 atom stereocenters. The first kappa shape index (κ1) is 10.7. The van der Waals surface area contributed by atoms with Gasteiger partial charge in [0, 0.05) is 24.8 Å². The zero-order chi connectivity index (χ0) is 10.7. The summed E-state index contributed by atoms with van der Waals surface area (Å²) < 4.78 is 6.23. The molecule has 0 aliphatic carbocycles. The summed E-state index contributed by atoms with van der Waals surface area (Å²) in [4.78, 5) is 11.0. The standard InChI is InChI=1S/C9H15N3O2/c1-6-7(5-12(2)11-6)8(10)4-9(13)14-3/h5,8H,4,10H2,1-3H3/t8-/m1/s1. The maximum absolute atomic E-state index is 11.0. The first-order valence-corrected chi connectivity index (χ1v) is 4.37. The van der Waals surface area contributed by atoms with Crippen LogP contribution in [0.3, 0.4) is 0 Å². The summed E-state index contributed by atoms with van der Waals surface area (Å²) >= 11 is 0. The molecule has 2 N–H and O–H groups in total. The lowest BCUT2D eigenvalue weighted by molar-refractivity contribution is -0.141. The molecular formula is C9H15N3O2. The van der Waals surface area contributed by atoms with Gasteiger partial charge in [-0.3, -0.25) is 9.48 Å². The van der Waals surface area contributed by atoms with E-state index in [4.69, 9.17) is 5.73 Å². The summed E-state index contributed by atoms with van der Waals surface area (Å²) in [6, 6.07) is -0.337. The van der Waals surface area contributed by atoms with Crippen LogP contribution in [-0.2, 0) is 16.6 Å². The number of ether oxygens (including phenoxy) is 1. The third-order valence-electron chi connectivity index (χ3n) is 2.07. The number of aryl methyl sites for hydroxylation is 2. The van der Waals surface area contributed by atoms with Crippen LogP contribution in [0.25, 0.3) is 0 Å². The summed E-state index contributed by atoms with van der Waals surface area (Å²) in [5, 5.41) is 4.15. The van der Waals surface area contributed by atoms with Crippen LogP contribution in [0.4, 0.5) is 0 Å². The van der Waals surface area contributed by atoms with Gasteiger partial charge < -0.3 is 10.5 Å². The number of nitrogens with two attached hydrogens (primary N) is 1. The minimum Gasteiger partial charge on any atom is -0.469 e. The second kappa shape index (κ2) is 4.23. The van der Waals surface area contributed by atoms with Crippen molar-refractivity contribution < 1.29 is 9.53 Å². The van der Waals surface area contributed by atoms with Gasteiger partial charge in [-0.05, 0) is 6.92 Å². The lowest BCUT2D eigenvalue weighted by atomic mass is 10.1. The van der Waals surface area contributed by atoms with Crippen LogP contribution >= 0.6 is 0 Å². The van der Waals surface area contributed by atoms with Crippen molar-refractivity contribution in [2.45, 2.75) is 19.4 Å². The highest BCUT2D eigenvalue weighted by Gasteiger charge is 2.15. The van der Waals surface area contributed by atoms with Gasteiger partial charge in [-0.25, -0.2) is 0 Å². The van der Waals surface area contributed by atoms with E-state index in [9.17, 15) is 4.79 Å². The quantitative estimate of drug-likeness (QED) is 0.707. The smallest absolute Gasteiger partial charge is 0.307 e. The van der Waals surface area contributed by atoms with Gasteiger partial charge in [-0.1, -0.05) is 0 Å². The van der Waals surface area contributed by atoms with E-state index in [-0.39, 0.29) is 18.4 Å². The van der Waals surface area contributed by atoms with Crippen molar-refractivity contribution in [3.8, 4) is 0 Å². The molecule has 0 saturated carbocycles. The summed E-state index contributed by atoms with van der Waals surface area (Å²) in [6.07, 6.45) is 2.01. The Balaban J connectivity index is 2.73. The third-order valence-corrected chi connectivity index (χ3v) is 2.07. The predicted molar refractivity (Wildman–Crippen MR) is 51.5 cm³/mol. The van der Waals surface area contributed by atoms with E-state index >= 15 is 0 Å². The lowest BCUT2D eigenvalue weighted by Gasteiger charge is -2.08. The van der Waals surface area contributed by atoms with E-state index in [2.05, 4.69) is 9.84 Å². The van der Waals surface area contributed by atoms with Crippen molar-refractivity contribution in [1.82, 2.24) is 9.78 Å². The van der Waals surface area contributed by atoms with E-state index in [0.717, 1.165) is 11.3 Å². The number of aromatic nitrogens is 2. The van der Waals surface area contributed by atoms with E-state index in [1.807, 2.05) is 20.2 Å². The van der Waals surface area contributed by atoms with E-state index < -0.39 is 0 Å². The number of rotatable bonds is 3. The van der Waals surface area contributed by atoms with Crippen LogP contribution in [0.2, 0.25) is 0 Å². The Hall–Kier alpha value is -1.36. The predicted octanol–water partition coefficient (Wildman–Crippen LogP) is 0.291. The molecule has 0 radical (unpaired) electrons. The number of carbonyl (C=O) groups excluding carboxylic acids is 1. The molecule has 0 aliphatic rings. The topological polar surface area (TPSA) is 70.1 Å². The Bertz CT molecular complexity index is 333. The first-order chi connectivity index (χ1) is 6.54. The first-order valence-electron chi connectivity index (χ1n) is 4.37. The number of hydrogen-bond acceptors (Lipinski definition) is 4. The van der Waals surface area contributed by atoms with E-state index in [1.165, 1.54) is 7.11 Å². The summed E-state index contributed by atoms with van der Waals surface area (Å²) in [5.41, 5.74) is 7.57. The Morgan fingerprint density at radius 2 is 2.43 bits per heavy atom. The van der Waals surface area contributed by atoms with Crippen LogP contribution in [0.5, 0.6) is 0 Å². The fourth-order valence-corrected chi connectivity index (χ4v) is 1.35. The van der Waals surface area contributed by atoms with Gasteiger partial charge in [0.05, 0.1) is 19.2 Å². The maximum Gasteiger partial charge on any atom is 0.307 e. The fourth-order valence-electron chi connectivity index (χ4n) is 1.35. The van der Waals surface area contributed by atoms with Gasteiger partial charge >= 0.3 is 5.97 Å². The molecule has 1 rings (SSSR count). The maximum atomic E-state index is 11.0. The minimum absolute atomic E-state index is 0.184. The molecule has 1 aromatic heterocycles. The SMILES string of the molecule is COC(=O)C[C@@H](N)c1cn(C)nc1C. The van der Waals surface area contributed by atoms with Crippen LogP contribution < -0.4 is 5.73 Å². The van der Waals surface area contributed by atoms with Gasteiger partial charge in [0.2, 0.25) is 0 Å². The second-order valence-electron chi connectivity index (χ2n) is 3.23. The average Bonchev–Trinajstić information content (AvgIpc) is 2.45. The summed E-state index contributed by atoms with van der Waals surface area (Å²) in [7, 11) is 3.17. The van der Waals surface area contributed by atoms with Crippen molar-refractivity contribution in [1.29, 1.82) is 0 Å². The number of hydrogen-bond donors (Lipinski definition) is 1. The average molecular weight is 197 g/mol. The Kier molecular flexibility index (Phi) is 3.24. The normalized spacial score (nSPS) is 12.6. The molecule has 0 saturated heterocycles. The van der Waals surface area contributed by atoms with Gasteiger partial charge in [-0.2, -0.15) is 5.10 Å². The second-order valence-corrected chi connectivity index (χ2v) is 3.23. The highest BCUT2D eigenvalue weighted by Crippen LogP contribution is 2.17. The molecule has 0 bridgehead atoms. The molecule has 1 heterocycles. The van der Waals surface area contributed by atoms with Crippen molar-refractivity contribution in [3.05, 3.63) is 17.5 Å². The van der Waals surface area contributed by atoms with Crippen LogP contribution in [0, 0.1) is 6.92 Å². The fraction of sp³-hybridized carbons (Fsp3) is 0.556. The number of methoxy groups -OCH3 is 1. The van der Waals surface area contributed by atoms with Crippen LogP contribution in [0.15, 0.2) is 6.20 Å². The van der Waals surface area contributed by atoms with Gasteiger partial charge in [-0.15, -0.1) is 0 Å². The Morgan fingerprint density at radius 1 is 1.79 bits per heavy atom. The monoisotopic (exact) mass is 197 g/mol. The molecule has 5 heteroatoms. The van der Waals surface area contributed by atoms with Gasteiger partial charge in [0.1, 0.15) is 0 Å². The number of esters is 1. The van der Waals surface area contributed by atoms with Crippen LogP contribution in [0.1, 0.15) is 23.7 Å². The molecule has 5 nitrogen and oxygen atoms in total. The van der Waals surface area contributed by atoms with E-state index in [0.29, 0.717) is 0 Å². The van der Waals surface area contributed by atoms with Gasteiger partial charge in [0.25, 0.3) is 0 Å². The van der Waals surface area contributed by atoms with Gasteiger partial charge in [0.15, 0.2) is 0 Å². The van der Waals surface area contributed by atoms with Crippen molar-refractivity contribution in [2.75, 3.05) is 7.11 Å². The largest absolute Gasteiger partial charge is 0.469 e. The molecule has 0 aromatic carbocycles. The highest BCUT2D eigenvalue weighted by molar-refractivity contribution is 5.70. The Labute approximate surface area is 82.8 Å². The lowest BCUT2D eigenvalue weighted by Crippen LogP contribution is -2.16. The summed E-state index contributed by atoms with van der Waals surface area (Å²) in [5.74, 6) is -0.305. The summed E-state index contributed by atoms with van der Waals surface area (Å²) in [6.45, 7) is 1.87. The Morgan fingerprint density at radius 3 is 2.86 bits per heavy atom. The molecule has 0 unspecified atom stereocenters. The number of nitrogens with zero attached hydrogens (tertiary/aromatic N) is 2. The molecule has 78 valence electrons. The molecule has 0 aliphatic heterocycles. The minimum atomic E-state index is -0.337. The molecule has 0 spiro atoms. The van der Waals surface area contributed by atoms with Crippen molar-refractivity contribution in [2.24, 2.45) is 12.8 Å². The van der Waals surface area contributed by atoms with Crippen molar-refractivity contribution in [3.63, 3.8) is 0 Å². The molecule has 0 fully saturated rings. The van der Waals surface area contributed by atoms with Crippen molar-refractivity contribution >= 4 is 5.97 Å². The zero-order valence-electron chi connectivity index (χ0n) is 8.65. The molecule has 0 amide bonds. The molecule has 1 aromatic rings. The molecular weight excluding hydrogens is 182 g/mol. The molecule has 14 heavy (non-hydrogen) atoms. The third kappa shape index (κ3) is 2.32. The number of carbonyl (C=O) groups is 1. The highest BCUT2D eigenvalue weighted by atomic mass is 16.5.